The molecule has 2 rings (SSSR count). The van der Waals surface area contributed by atoms with E-state index in [0.717, 1.165) is 11.1 Å². The summed E-state index contributed by atoms with van der Waals surface area (Å²) in [7, 11) is 0. The van der Waals surface area contributed by atoms with Crippen LogP contribution in [0.25, 0.3) is 11.1 Å². The van der Waals surface area contributed by atoms with Crippen molar-refractivity contribution in [2.45, 2.75) is 19.9 Å². The Morgan fingerprint density at radius 1 is 1.44 bits per heavy atom. The van der Waals surface area contributed by atoms with Crippen LogP contribution in [0, 0.1) is 18.3 Å². The zero-order valence-electron chi connectivity index (χ0n) is 9.77. The van der Waals surface area contributed by atoms with Gasteiger partial charge in [-0.25, -0.2) is 8.78 Å². The van der Waals surface area contributed by atoms with Crippen LogP contribution in [-0.4, -0.2) is 16.2 Å². The molecular weight excluding hydrogens is 236 g/mol. The van der Waals surface area contributed by atoms with Crippen molar-refractivity contribution < 1.29 is 8.78 Å². The number of rotatable bonds is 3. The number of alkyl halides is 2. The molecule has 18 heavy (non-hydrogen) atoms. The zero-order chi connectivity index (χ0) is 13.1. The number of hydrogen-bond acceptors (Lipinski definition) is 2. The molecule has 0 aliphatic carbocycles. The molecule has 0 saturated carbocycles. The smallest absolute Gasteiger partial charge is 0.257 e. The molecule has 5 heteroatoms. The van der Waals surface area contributed by atoms with E-state index in [1.165, 1.54) is 17.1 Å². The highest BCUT2D eigenvalue weighted by molar-refractivity contribution is 5.70. The molecule has 0 aliphatic heterocycles. The summed E-state index contributed by atoms with van der Waals surface area (Å²) in [6, 6.07) is 7.49. The highest BCUT2D eigenvalue weighted by Crippen LogP contribution is 2.24. The van der Waals surface area contributed by atoms with Crippen molar-refractivity contribution in [3.8, 4) is 17.2 Å². The van der Waals surface area contributed by atoms with E-state index in [2.05, 4.69) is 11.2 Å². The lowest BCUT2D eigenvalue weighted by molar-refractivity contribution is 0.122. The van der Waals surface area contributed by atoms with E-state index in [0.29, 0.717) is 11.1 Å². The van der Waals surface area contributed by atoms with Crippen LogP contribution in [-0.2, 0) is 6.54 Å². The summed E-state index contributed by atoms with van der Waals surface area (Å²) < 4.78 is 25.6. The molecule has 0 N–H and O–H groups in total. The standard InChI is InChI=1S/C13H11F2N3/c1-9-2-3-10(5-16)12(4-9)11-6-17-18(7-11)8-13(14)15/h2-4,6-7,13H,8H2,1H3. The molecule has 1 aromatic carbocycles. The van der Waals surface area contributed by atoms with E-state index >= 15 is 0 Å². The first-order chi connectivity index (χ1) is 8.60. The van der Waals surface area contributed by atoms with Crippen LogP contribution < -0.4 is 0 Å². The molecule has 92 valence electrons. The third-order valence-electron chi connectivity index (χ3n) is 2.56. The third-order valence-corrected chi connectivity index (χ3v) is 2.56. The van der Waals surface area contributed by atoms with E-state index in [1.54, 1.807) is 6.07 Å². The van der Waals surface area contributed by atoms with Crippen LogP contribution in [0.1, 0.15) is 11.1 Å². The average Bonchev–Trinajstić information content (AvgIpc) is 2.76. The molecule has 0 unspecified atom stereocenters. The molecule has 0 spiro atoms. The summed E-state index contributed by atoms with van der Waals surface area (Å²) in [6.07, 6.45) is 0.588. The summed E-state index contributed by atoms with van der Waals surface area (Å²) >= 11 is 0. The normalized spacial score (nSPS) is 10.6. The number of aromatic nitrogens is 2. The summed E-state index contributed by atoms with van der Waals surface area (Å²) in [5.41, 5.74) is 2.91. The second-order valence-corrected chi connectivity index (χ2v) is 4.00. The summed E-state index contributed by atoms with van der Waals surface area (Å²) in [5.74, 6) is 0. The fourth-order valence-corrected chi connectivity index (χ4v) is 1.74. The first-order valence-corrected chi connectivity index (χ1v) is 5.42. The van der Waals surface area contributed by atoms with Gasteiger partial charge in [0.05, 0.1) is 17.8 Å². The van der Waals surface area contributed by atoms with E-state index < -0.39 is 13.0 Å². The first-order valence-electron chi connectivity index (χ1n) is 5.42. The first kappa shape index (κ1) is 12.2. The van der Waals surface area contributed by atoms with Gasteiger partial charge in [0.15, 0.2) is 0 Å². The van der Waals surface area contributed by atoms with E-state index in [-0.39, 0.29) is 0 Å². The minimum atomic E-state index is -2.44. The summed E-state index contributed by atoms with van der Waals surface area (Å²) in [6.45, 7) is 1.47. The van der Waals surface area contributed by atoms with Gasteiger partial charge < -0.3 is 0 Å². The summed E-state index contributed by atoms with van der Waals surface area (Å²) in [5, 5.41) is 12.9. The van der Waals surface area contributed by atoms with Gasteiger partial charge in [-0.05, 0) is 19.1 Å². The molecule has 1 heterocycles. The van der Waals surface area contributed by atoms with Crippen molar-refractivity contribution in [1.29, 1.82) is 5.26 Å². The molecule has 0 saturated heterocycles. The number of hydrogen-bond donors (Lipinski definition) is 0. The van der Waals surface area contributed by atoms with Gasteiger partial charge in [-0.15, -0.1) is 0 Å². The molecule has 0 atom stereocenters. The van der Waals surface area contributed by atoms with Crippen LogP contribution in [0.5, 0.6) is 0 Å². The molecule has 3 nitrogen and oxygen atoms in total. The maximum absolute atomic E-state index is 12.2. The van der Waals surface area contributed by atoms with Crippen molar-refractivity contribution in [3.05, 3.63) is 41.7 Å². The van der Waals surface area contributed by atoms with Crippen molar-refractivity contribution in [2.24, 2.45) is 0 Å². The van der Waals surface area contributed by atoms with Gasteiger partial charge in [0.25, 0.3) is 6.43 Å². The maximum Gasteiger partial charge on any atom is 0.257 e. The van der Waals surface area contributed by atoms with Gasteiger partial charge in [-0.2, -0.15) is 10.4 Å². The van der Waals surface area contributed by atoms with Gasteiger partial charge in [-0.3, -0.25) is 4.68 Å². The second kappa shape index (κ2) is 4.96. The molecule has 0 aliphatic rings. The van der Waals surface area contributed by atoms with Crippen molar-refractivity contribution in [1.82, 2.24) is 9.78 Å². The van der Waals surface area contributed by atoms with Crippen LogP contribution in [0.3, 0.4) is 0 Å². The number of nitrogens with zero attached hydrogens (tertiary/aromatic N) is 3. The van der Waals surface area contributed by atoms with Crippen LogP contribution >= 0.6 is 0 Å². The Kier molecular flexibility index (Phi) is 3.38. The van der Waals surface area contributed by atoms with Gasteiger partial charge in [0.2, 0.25) is 0 Å². The van der Waals surface area contributed by atoms with E-state index in [9.17, 15) is 8.78 Å². The Bertz CT molecular complexity index is 597. The SMILES string of the molecule is Cc1ccc(C#N)c(-c2cnn(CC(F)F)c2)c1. The largest absolute Gasteiger partial charge is 0.266 e. The highest BCUT2D eigenvalue weighted by atomic mass is 19.3. The number of benzene rings is 1. The van der Waals surface area contributed by atoms with Gasteiger partial charge in [0.1, 0.15) is 6.54 Å². The third kappa shape index (κ3) is 2.54. The van der Waals surface area contributed by atoms with Crippen LogP contribution in [0.4, 0.5) is 8.78 Å². The second-order valence-electron chi connectivity index (χ2n) is 4.00. The molecule has 2 aromatic rings. The Hall–Kier alpha value is -2.22. The van der Waals surface area contributed by atoms with Crippen molar-refractivity contribution in [3.63, 3.8) is 0 Å². The minimum Gasteiger partial charge on any atom is -0.266 e. The zero-order valence-corrected chi connectivity index (χ0v) is 9.77. The fraction of sp³-hybridized carbons (Fsp3) is 0.231. The average molecular weight is 247 g/mol. The molecule has 0 fully saturated rings. The molecular formula is C13H11F2N3. The Labute approximate surface area is 103 Å². The quantitative estimate of drug-likeness (QED) is 0.836. The Morgan fingerprint density at radius 3 is 2.89 bits per heavy atom. The van der Waals surface area contributed by atoms with Crippen molar-refractivity contribution in [2.75, 3.05) is 0 Å². The monoisotopic (exact) mass is 247 g/mol. The van der Waals surface area contributed by atoms with Crippen LogP contribution in [0.2, 0.25) is 0 Å². The molecule has 0 amide bonds. The van der Waals surface area contributed by atoms with E-state index in [4.69, 9.17) is 5.26 Å². The Morgan fingerprint density at radius 2 is 2.22 bits per heavy atom. The van der Waals surface area contributed by atoms with E-state index in [1.807, 2.05) is 19.1 Å². The predicted molar refractivity (Wildman–Crippen MR) is 63.1 cm³/mol. The highest BCUT2D eigenvalue weighted by Gasteiger charge is 2.10. The Balaban J connectivity index is 2.40. The van der Waals surface area contributed by atoms with Gasteiger partial charge in [0, 0.05) is 17.3 Å². The molecule has 0 bridgehead atoms. The fourth-order valence-electron chi connectivity index (χ4n) is 1.74. The maximum atomic E-state index is 12.2. The molecule has 1 aromatic heterocycles. The lowest BCUT2D eigenvalue weighted by Gasteiger charge is -2.02. The van der Waals surface area contributed by atoms with Gasteiger partial charge in [-0.1, -0.05) is 11.6 Å². The van der Waals surface area contributed by atoms with Crippen molar-refractivity contribution >= 4 is 0 Å². The minimum absolute atomic E-state index is 0.437. The summed E-state index contributed by atoms with van der Waals surface area (Å²) in [4.78, 5) is 0. The van der Waals surface area contributed by atoms with Gasteiger partial charge >= 0.3 is 0 Å². The topological polar surface area (TPSA) is 41.6 Å². The predicted octanol–water partition coefficient (Wildman–Crippen LogP) is 3.00. The van der Waals surface area contributed by atoms with Crippen LogP contribution in [0.15, 0.2) is 30.6 Å². The number of halogens is 2. The lowest BCUT2D eigenvalue weighted by Crippen LogP contribution is -2.06. The number of nitriles is 1. The lowest BCUT2D eigenvalue weighted by atomic mass is 10.0. The molecule has 0 radical (unpaired) electrons. The number of aryl methyl sites for hydroxylation is 1.